The number of nitrogens with one attached hydrogen (secondary N) is 1. The zero-order chi connectivity index (χ0) is 24.7. The molecular weight excluding hydrogens is 468 g/mol. The number of carbonyl (C=O) groups excluding carboxylic acids is 1. The van der Waals surface area contributed by atoms with Crippen LogP contribution < -0.4 is 10.1 Å². The number of aromatic nitrogens is 2. The van der Waals surface area contributed by atoms with E-state index in [-0.39, 0.29) is 11.9 Å². The van der Waals surface area contributed by atoms with Gasteiger partial charge < -0.3 is 10.1 Å². The smallest absolute Gasteiger partial charge is 0.298 e. The molecule has 2 heterocycles. The van der Waals surface area contributed by atoms with Gasteiger partial charge in [-0.25, -0.2) is 0 Å². The Hall–Kier alpha value is -3.55. The van der Waals surface area contributed by atoms with Crippen LogP contribution in [0.4, 0.5) is 0 Å². The Morgan fingerprint density at radius 2 is 1.69 bits per heavy atom. The lowest BCUT2D eigenvalue weighted by Gasteiger charge is -2.32. The normalized spacial score (nSPS) is 14.5. The quantitative estimate of drug-likeness (QED) is 0.341. The molecule has 3 aromatic carbocycles. The summed E-state index contributed by atoms with van der Waals surface area (Å²) in [6.45, 7) is 4.87. The van der Waals surface area contributed by atoms with Crippen LogP contribution in [0.3, 0.4) is 0 Å². The first kappa shape index (κ1) is 24.2. The molecule has 1 aliphatic heterocycles. The topological polar surface area (TPSA) is 67.4 Å². The van der Waals surface area contributed by atoms with Crippen molar-refractivity contribution in [2.45, 2.75) is 38.8 Å². The highest BCUT2D eigenvalue weighted by molar-refractivity contribution is 7.07. The van der Waals surface area contributed by atoms with Crippen molar-refractivity contribution in [3.05, 3.63) is 107 Å². The molecule has 5 rings (SSSR count). The van der Waals surface area contributed by atoms with Crippen molar-refractivity contribution in [1.29, 1.82) is 0 Å². The monoisotopic (exact) mass is 498 g/mol. The molecule has 0 spiro atoms. The summed E-state index contributed by atoms with van der Waals surface area (Å²) >= 11 is 1.23. The largest absolute Gasteiger partial charge is 0.430 e. The molecule has 0 atom stereocenters. The molecule has 1 aromatic heterocycles. The molecule has 1 N–H and O–H groups in total. The minimum absolute atomic E-state index is 0.0663. The molecule has 0 unspecified atom stereocenters. The molecule has 0 radical (unpaired) electrons. The van der Waals surface area contributed by atoms with Crippen molar-refractivity contribution in [3.63, 3.8) is 0 Å². The minimum Gasteiger partial charge on any atom is -0.430 e. The molecule has 4 aromatic rings. The highest BCUT2D eigenvalue weighted by Gasteiger charge is 2.22. The van der Waals surface area contributed by atoms with E-state index in [0.717, 1.165) is 49.4 Å². The summed E-state index contributed by atoms with van der Waals surface area (Å²) in [7, 11) is 0. The van der Waals surface area contributed by atoms with E-state index in [2.05, 4.69) is 56.0 Å². The van der Waals surface area contributed by atoms with Gasteiger partial charge in [0.2, 0.25) is 0 Å². The van der Waals surface area contributed by atoms with Crippen LogP contribution in [0.5, 0.6) is 10.9 Å². The predicted octanol–water partition coefficient (Wildman–Crippen LogP) is 5.62. The fraction of sp³-hybridized carbons (Fsp3) is 0.276. The van der Waals surface area contributed by atoms with Crippen LogP contribution in [0, 0.1) is 6.92 Å². The van der Waals surface area contributed by atoms with Gasteiger partial charge in [-0.2, -0.15) is 9.36 Å². The van der Waals surface area contributed by atoms with Crippen LogP contribution in [0.15, 0.2) is 78.9 Å². The molecule has 0 aliphatic carbocycles. The second-order valence-electron chi connectivity index (χ2n) is 9.23. The molecule has 1 fully saturated rings. The molecule has 36 heavy (non-hydrogen) atoms. The Labute approximate surface area is 216 Å². The number of nitrogens with zero attached hydrogens (tertiary/aromatic N) is 3. The lowest BCUT2D eigenvalue weighted by atomic mass is 10.0. The Morgan fingerprint density at radius 1 is 1.00 bits per heavy atom. The fourth-order valence-electron chi connectivity index (χ4n) is 4.42. The second-order valence-corrected chi connectivity index (χ2v) is 9.95. The number of rotatable bonds is 8. The average Bonchev–Trinajstić information content (AvgIpc) is 3.34. The van der Waals surface area contributed by atoms with E-state index in [1.807, 2.05) is 43.3 Å². The van der Waals surface area contributed by atoms with E-state index in [0.29, 0.717) is 22.9 Å². The van der Waals surface area contributed by atoms with Crippen LogP contribution in [0.1, 0.15) is 45.7 Å². The number of piperidine rings is 1. The first-order valence-corrected chi connectivity index (χ1v) is 13.1. The molecule has 1 aliphatic rings. The van der Waals surface area contributed by atoms with E-state index in [1.54, 1.807) is 6.07 Å². The highest BCUT2D eigenvalue weighted by Crippen LogP contribution is 2.28. The van der Waals surface area contributed by atoms with Crippen LogP contribution in [0.25, 0.3) is 0 Å². The van der Waals surface area contributed by atoms with Crippen molar-refractivity contribution in [2.24, 2.45) is 0 Å². The number of carbonyl (C=O) groups is 1. The van der Waals surface area contributed by atoms with Gasteiger partial charge in [-0.05, 0) is 48.6 Å². The maximum atomic E-state index is 13.0. The first-order chi connectivity index (χ1) is 17.6. The van der Waals surface area contributed by atoms with Gasteiger partial charge in [-0.15, -0.1) is 0 Å². The summed E-state index contributed by atoms with van der Waals surface area (Å²) in [6, 6.07) is 26.4. The maximum absolute atomic E-state index is 13.0. The molecule has 0 saturated carbocycles. The molecule has 6 nitrogen and oxygen atoms in total. The second kappa shape index (κ2) is 11.5. The van der Waals surface area contributed by atoms with Crippen LogP contribution in [-0.4, -0.2) is 39.3 Å². The minimum atomic E-state index is -0.0663. The van der Waals surface area contributed by atoms with Gasteiger partial charge in [0.1, 0.15) is 5.75 Å². The summed E-state index contributed by atoms with van der Waals surface area (Å²) < 4.78 is 10.5. The van der Waals surface area contributed by atoms with E-state index in [4.69, 9.17) is 4.74 Å². The van der Waals surface area contributed by atoms with Crippen LogP contribution in [-0.2, 0) is 13.0 Å². The van der Waals surface area contributed by atoms with Gasteiger partial charge in [-0.1, -0.05) is 66.7 Å². The van der Waals surface area contributed by atoms with E-state index < -0.39 is 0 Å². The lowest BCUT2D eigenvalue weighted by molar-refractivity contribution is 0.0908. The molecule has 0 bridgehead atoms. The number of hydrogen-bond acceptors (Lipinski definition) is 6. The molecule has 1 amide bonds. The lowest BCUT2D eigenvalue weighted by Crippen LogP contribution is -2.44. The third-order valence-corrected chi connectivity index (χ3v) is 7.11. The van der Waals surface area contributed by atoms with Crippen molar-refractivity contribution >= 4 is 17.4 Å². The van der Waals surface area contributed by atoms with E-state index in [9.17, 15) is 4.79 Å². The molecule has 1 saturated heterocycles. The number of aryl methyl sites for hydroxylation is 1. The van der Waals surface area contributed by atoms with Gasteiger partial charge in [-0.3, -0.25) is 9.69 Å². The Morgan fingerprint density at radius 3 is 2.42 bits per heavy atom. The standard InChI is InChI=1S/C29H30N4O2S/c1-21-12-13-24(19-26(21)35-29-31-27(32-36-29)18-22-8-4-2-5-9-22)28(34)30-25-14-16-33(17-15-25)20-23-10-6-3-7-11-23/h2-13,19,25H,14-18,20H2,1H3,(H,30,34). The first-order valence-electron chi connectivity index (χ1n) is 12.3. The van der Waals surface area contributed by atoms with Crippen molar-refractivity contribution < 1.29 is 9.53 Å². The number of benzene rings is 3. The summed E-state index contributed by atoms with van der Waals surface area (Å²) in [5.74, 6) is 1.29. The number of likely N-dealkylation sites (tertiary alicyclic amines) is 1. The van der Waals surface area contributed by atoms with Crippen molar-refractivity contribution in [3.8, 4) is 10.9 Å². The summed E-state index contributed by atoms with van der Waals surface area (Å²) in [5.41, 5.74) is 4.02. The molecule has 7 heteroatoms. The predicted molar refractivity (Wildman–Crippen MR) is 143 cm³/mol. The van der Waals surface area contributed by atoms with E-state index >= 15 is 0 Å². The van der Waals surface area contributed by atoms with Crippen molar-refractivity contribution in [2.75, 3.05) is 13.1 Å². The van der Waals surface area contributed by atoms with Crippen molar-refractivity contribution in [1.82, 2.24) is 19.6 Å². The fourth-order valence-corrected chi connectivity index (χ4v) is 4.98. The number of hydrogen-bond donors (Lipinski definition) is 1. The Balaban J connectivity index is 1.16. The van der Waals surface area contributed by atoms with Gasteiger partial charge in [0, 0.05) is 49.2 Å². The maximum Gasteiger partial charge on any atom is 0.298 e. The number of ether oxygens (including phenoxy) is 1. The molecular formula is C29H30N4O2S. The SMILES string of the molecule is Cc1ccc(C(=O)NC2CCN(Cc3ccccc3)CC2)cc1Oc1nc(Cc2ccccc2)ns1. The van der Waals surface area contributed by atoms with E-state index in [1.165, 1.54) is 17.1 Å². The number of amides is 1. The zero-order valence-electron chi connectivity index (χ0n) is 20.4. The van der Waals surface area contributed by atoms with Gasteiger partial charge in [0.05, 0.1) is 0 Å². The van der Waals surface area contributed by atoms with Gasteiger partial charge >= 0.3 is 0 Å². The third kappa shape index (κ3) is 6.36. The van der Waals surface area contributed by atoms with Gasteiger partial charge in [0.15, 0.2) is 5.82 Å². The third-order valence-electron chi connectivity index (χ3n) is 6.47. The van der Waals surface area contributed by atoms with Crippen LogP contribution in [0.2, 0.25) is 0 Å². The molecule has 184 valence electrons. The summed E-state index contributed by atoms with van der Waals surface area (Å²) in [6.07, 6.45) is 2.55. The summed E-state index contributed by atoms with van der Waals surface area (Å²) in [5, 5.41) is 3.69. The highest BCUT2D eigenvalue weighted by atomic mass is 32.1. The zero-order valence-corrected chi connectivity index (χ0v) is 21.2. The van der Waals surface area contributed by atoms with Gasteiger partial charge in [0.25, 0.3) is 11.1 Å². The Bertz CT molecular complexity index is 1290. The Kier molecular flexibility index (Phi) is 7.69. The van der Waals surface area contributed by atoms with Crippen LogP contribution >= 0.6 is 11.5 Å². The average molecular weight is 499 g/mol. The summed E-state index contributed by atoms with van der Waals surface area (Å²) in [4.78, 5) is 20.0.